The van der Waals surface area contributed by atoms with Gasteiger partial charge in [0.15, 0.2) is 0 Å². The van der Waals surface area contributed by atoms with Crippen molar-refractivity contribution >= 4 is 17.4 Å². The van der Waals surface area contributed by atoms with Gasteiger partial charge >= 0.3 is 6.03 Å². The van der Waals surface area contributed by atoms with Crippen LogP contribution in [0.25, 0.3) is 0 Å². The van der Waals surface area contributed by atoms with Crippen molar-refractivity contribution in [1.29, 1.82) is 0 Å². The van der Waals surface area contributed by atoms with E-state index in [0.29, 0.717) is 31.6 Å². The van der Waals surface area contributed by atoms with Crippen LogP contribution < -0.4 is 10.1 Å². The maximum Gasteiger partial charge on any atom is 0.317 e. The van der Waals surface area contributed by atoms with Gasteiger partial charge in [0.1, 0.15) is 6.10 Å². The van der Waals surface area contributed by atoms with Gasteiger partial charge in [0.05, 0.1) is 6.54 Å². The van der Waals surface area contributed by atoms with Crippen molar-refractivity contribution in [2.45, 2.75) is 51.8 Å². The predicted molar refractivity (Wildman–Crippen MR) is 99.8 cm³/mol. The van der Waals surface area contributed by atoms with Crippen LogP contribution in [0, 0.1) is 0 Å². The lowest BCUT2D eigenvalue weighted by molar-refractivity contribution is 0.198. The van der Waals surface area contributed by atoms with E-state index < -0.39 is 0 Å². The number of urea groups is 1. The SMILES string of the molecule is CCN(Cc1cccs1)C(=O)NCc1ccc(OC2CCCC2)nc1. The zero-order valence-corrected chi connectivity index (χ0v) is 15.4. The van der Waals surface area contributed by atoms with E-state index in [4.69, 9.17) is 4.74 Å². The Morgan fingerprint density at radius 3 is 2.84 bits per heavy atom. The van der Waals surface area contributed by atoms with Crippen LogP contribution in [0.15, 0.2) is 35.8 Å². The van der Waals surface area contributed by atoms with E-state index in [9.17, 15) is 4.79 Å². The van der Waals surface area contributed by atoms with Gasteiger partial charge in [-0.05, 0) is 49.6 Å². The molecule has 0 aliphatic heterocycles. The fraction of sp³-hybridized carbons (Fsp3) is 0.474. The molecule has 0 radical (unpaired) electrons. The molecule has 1 aliphatic rings. The fourth-order valence-corrected chi connectivity index (χ4v) is 3.69. The number of ether oxygens (including phenoxy) is 1. The normalized spacial score (nSPS) is 14.4. The Kier molecular flexibility index (Phi) is 6.28. The number of pyridine rings is 1. The van der Waals surface area contributed by atoms with Crippen LogP contribution in [0.1, 0.15) is 43.0 Å². The molecule has 2 amide bonds. The Morgan fingerprint density at radius 1 is 1.36 bits per heavy atom. The molecule has 0 bridgehead atoms. The minimum Gasteiger partial charge on any atom is -0.474 e. The molecule has 2 heterocycles. The first kappa shape index (κ1) is 17.7. The molecule has 0 unspecified atom stereocenters. The number of rotatable bonds is 7. The smallest absolute Gasteiger partial charge is 0.317 e. The van der Waals surface area contributed by atoms with Gasteiger partial charge in [0.25, 0.3) is 0 Å². The summed E-state index contributed by atoms with van der Waals surface area (Å²) in [5, 5.41) is 5.00. The Hall–Kier alpha value is -2.08. The van der Waals surface area contributed by atoms with Crippen LogP contribution >= 0.6 is 11.3 Å². The van der Waals surface area contributed by atoms with Crippen molar-refractivity contribution in [2.24, 2.45) is 0 Å². The highest BCUT2D eigenvalue weighted by atomic mass is 32.1. The van der Waals surface area contributed by atoms with Crippen molar-refractivity contribution in [2.75, 3.05) is 6.54 Å². The molecule has 134 valence electrons. The number of thiophene rings is 1. The van der Waals surface area contributed by atoms with Gasteiger partial charge in [-0.25, -0.2) is 9.78 Å². The molecule has 2 aromatic rings. The van der Waals surface area contributed by atoms with Gasteiger partial charge in [-0.2, -0.15) is 0 Å². The van der Waals surface area contributed by atoms with Crippen LogP contribution in [0.5, 0.6) is 5.88 Å². The molecule has 1 aliphatic carbocycles. The molecule has 1 fully saturated rings. The van der Waals surface area contributed by atoms with Gasteiger partial charge in [0.2, 0.25) is 5.88 Å². The van der Waals surface area contributed by atoms with E-state index in [0.717, 1.165) is 18.4 Å². The standard InChI is InChI=1S/C19H25N3O2S/c1-2-22(14-17-8-5-11-25-17)19(23)21-13-15-9-10-18(20-12-15)24-16-6-3-4-7-16/h5,8-12,16H,2-4,6-7,13-14H2,1H3,(H,21,23). The molecule has 25 heavy (non-hydrogen) atoms. The largest absolute Gasteiger partial charge is 0.474 e. The second-order valence-corrected chi connectivity index (χ2v) is 7.31. The summed E-state index contributed by atoms with van der Waals surface area (Å²) in [6, 6.07) is 7.86. The molecule has 2 aromatic heterocycles. The first-order valence-corrected chi connectivity index (χ1v) is 9.79. The van der Waals surface area contributed by atoms with Gasteiger partial charge in [-0.1, -0.05) is 12.1 Å². The second-order valence-electron chi connectivity index (χ2n) is 6.28. The lowest BCUT2D eigenvalue weighted by atomic mass is 10.3. The van der Waals surface area contributed by atoms with Gasteiger partial charge in [0, 0.05) is 30.2 Å². The second kappa shape index (κ2) is 8.85. The molecular formula is C19H25N3O2S. The zero-order valence-electron chi connectivity index (χ0n) is 14.6. The average Bonchev–Trinajstić information content (AvgIpc) is 3.32. The Morgan fingerprint density at radius 2 is 2.20 bits per heavy atom. The monoisotopic (exact) mass is 359 g/mol. The molecule has 0 saturated heterocycles. The maximum atomic E-state index is 12.3. The summed E-state index contributed by atoms with van der Waals surface area (Å²) in [6.07, 6.45) is 6.82. The molecule has 5 nitrogen and oxygen atoms in total. The molecule has 1 N–H and O–H groups in total. The molecule has 3 rings (SSSR count). The lowest BCUT2D eigenvalue weighted by Gasteiger charge is -2.20. The number of hydrogen-bond acceptors (Lipinski definition) is 4. The predicted octanol–water partition coefficient (Wildman–Crippen LogP) is 4.20. The van der Waals surface area contributed by atoms with Crippen LogP contribution in [-0.2, 0) is 13.1 Å². The molecule has 0 aromatic carbocycles. The highest BCUT2D eigenvalue weighted by molar-refractivity contribution is 7.09. The highest BCUT2D eigenvalue weighted by Crippen LogP contribution is 2.22. The summed E-state index contributed by atoms with van der Waals surface area (Å²) < 4.78 is 5.86. The summed E-state index contributed by atoms with van der Waals surface area (Å²) in [4.78, 5) is 19.7. The van der Waals surface area contributed by atoms with E-state index in [2.05, 4.69) is 10.3 Å². The Balaban J connectivity index is 1.47. The Bertz CT molecular complexity index is 652. The van der Waals surface area contributed by atoms with Crippen molar-refractivity contribution < 1.29 is 9.53 Å². The highest BCUT2D eigenvalue weighted by Gasteiger charge is 2.17. The first-order valence-electron chi connectivity index (χ1n) is 8.91. The van der Waals surface area contributed by atoms with E-state index in [1.54, 1.807) is 22.4 Å². The lowest BCUT2D eigenvalue weighted by Crippen LogP contribution is -2.38. The van der Waals surface area contributed by atoms with Gasteiger partial charge in [-0.3, -0.25) is 0 Å². The number of amides is 2. The van der Waals surface area contributed by atoms with E-state index in [1.807, 2.05) is 36.6 Å². The van der Waals surface area contributed by atoms with E-state index in [-0.39, 0.29) is 6.03 Å². The van der Waals surface area contributed by atoms with Crippen molar-refractivity contribution in [3.8, 4) is 5.88 Å². The third-order valence-corrected chi connectivity index (χ3v) is 5.29. The summed E-state index contributed by atoms with van der Waals surface area (Å²) in [7, 11) is 0. The van der Waals surface area contributed by atoms with Gasteiger partial charge < -0.3 is 15.0 Å². The van der Waals surface area contributed by atoms with Crippen molar-refractivity contribution in [3.05, 3.63) is 46.3 Å². The number of nitrogens with zero attached hydrogens (tertiary/aromatic N) is 2. The number of aromatic nitrogens is 1. The van der Waals surface area contributed by atoms with Crippen molar-refractivity contribution in [1.82, 2.24) is 15.2 Å². The van der Waals surface area contributed by atoms with Crippen LogP contribution in [0.3, 0.4) is 0 Å². The fourth-order valence-electron chi connectivity index (χ4n) is 2.97. The van der Waals surface area contributed by atoms with E-state index >= 15 is 0 Å². The topological polar surface area (TPSA) is 54.5 Å². The minimum absolute atomic E-state index is 0.0535. The number of nitrogens with one attached hydrogen (secondary N) is 1. The molecular weight excluding hydrogens is 334 g/mol. The molecule has 6 heteroatoms. The van der Waals surface area contributed by atoms with Crippen LogP contribution in [0.2, 0.25) is 0 Å². The van der Waals surface area contributed by atoms with Crippen LogP contribution in [-0.4, -0.2) is 28.6 Å². The minimum atomic E-state index is -0.0535. The van der Waals surface area contributed by atoms with E-state index in [1.165, 1.54) is 17.7 Å². The Labute approximate surface area is 153 Å². The quantitative estimate of drug-likeness (QED) is 0.806. The van der Waals surface area contributed by atoms with Crippen molar-refractivity contribution in [3.63, 3.8) is 0 Å². The summed E-state index contributed by atoms with van der Waals surface area (Å²) in [5.74, 6) is 0.676. The summed E-state index contributed by atoms with van der Waals surface area (Å²) in [5.41, 5.74) is 0.972. The number of carbonyl (C=O) groups is 1. The summed E-state index contributed by atoms with van der Waals surface area (Å²) in [6.45, 7) is 3.78. The third-order valence-electron chi connectivity index (χ3n) is 4.43. The number of carbonyl (C=O) groups excluding carboxylic acids is 1. The average molecular weight is 359 g/mol. The number of hydrogen-bond donors (Lipinski definition) is 1. The third kappa shape index (κ3) is 5.19. The molecule has 1 saturated carbocycles. The maximum absolute atomic E-state index is 12.3. The zero-order chi connectivity index (χ0) is 17.5. The first-order chi connectivity index (χ1) is 12.2. The summed E-state index contributed by atoms with van der Waals surface area (Å²) >= 11 is 1.67. The van der Waals surface area contributed by atoms with Crippen LogP contribution in [0.4, 0.5) is 4.79 Å². The van der Waals surface area contributed by atoms with Gasteiger partial charge in [-0.15, -0.1) is 11.3 Å². The molecule has 0 atom stereocenters. The molecule has 0 spiro atoms.